The number of hydrogen-bond acceptors (Lipinski definition) is 8. The molecule has 0 aromatic rings. The zero-order chi connectivity index (χ0) is 27.0. The number of nitrogens with zero attached hydrogens (tertiary/aromatic N) is 1. The highest BCUT2D eigenvalue weighted by Crippen LogP contribution is 2.74. The van der Waals surface area contributed by atoms with Crippen molar-refractivity contribution in [2.45, 2.75) is 82.2 Å². The number of unbranched alkanes of at least 4 members (excludes halogenated alkanes) is 1. The fourth-order valence-electron chi connectivity index (χ4n) is 9.23. The van der Waals surface area contributed by atoms with Gasteiger partial charge in [-0.15, -0.1) is 0 Å². The molecule has 2 saturated heterocycles. The zero-order valence-corrected chi connectivity index (χ0v) is 22.5. The van der Waals surface area contributed by atoms with E-state index in [1.807, 2.05) is 6.92 Å². The van der Waals surface area contributed by atoms with Crippen LogP contribution in [0.15, 0.2) is 29.0 Å². The second-order valence-corrected chi connectivity index (χ2v) is 12.4. The van der Waals surface area contributed by atoms with Crippen LogP contribution in [0.2, 0.25) is 0 Å². The molecule has 2 aliphatic heterocycles. The molecule has 4 aliphatic carbocycles. The van der Waals surface area contributed by atoms with Gasteiger partial charge < -0.3 is 34.6 Å². The van der Waals surface area contributed by atoms with Crippen molar-refractivity contribution >= 4 is 5.71 Å². The first-order valence-electron chi connectivity index (χ1n) is 13.9. The topological polar surface area (TPSA) is 105 Å². The predicted molar refractivity (Wildman–Crippen MR) is 134 cm³/mol. The number of ether oxygens (including phenoxy) is 4. The molecule has 10 atom stereocenters. The molecule has 1 unspecified atom stereocenters. The summed E-state index contributed by atoms with van der Waals surface area (Å²) in [6.07, 6.45) is 4.53. The van der Waals surface area contributed by atoms with E-state index in [1.165, 1.54) is 0 Å². The minimum atomic E-state index is -2.07. The van der Waals surface area contributed by atoms with Gasteiger partial charge in [0.25, 0.3) is 0 Å². The van der Waals surface area contributed by atoms with E-state index in [2.05, 4.69) is 12.1 Å². The Morgan fingerprint density at radius 2 is 1.95 bits per heavy atom. The molecule has 3 saturated carbocycles. The third kappa shape index (κ3) is 3.19. The molecule has 0 bridgehead atoms. The summed E-state index contributed by atoms with van der Waals surface area (Å²) < 4.78 is 57.8. The van der Waals surface area contributed by atoms with Gasteiger partial charge in [-0.05, 0) is 75.1 Å². The molecule has 0 aromatic heterocycles. The molecule has 3 N–H and O–H groups in total. The SMILES string of the molecule is C[C@H]1C[C@H]2[C@@H]3C[C@H](F)C4=C/C(=N/OCCCCN)C=C[C@]4(C)[C@@]3(F)[C@@H](O)C[C@]2(C)[C@]12OCOC21COCO1. The number of oxime groups is 1. The molecule has 2 heterocycles. The highest BCUT2D eigenvalue weighted by molar-refractivity contribution is 6.05. The van der Waals surface area contributed by atoms with Crippen LogP contribution in [0.5, 0.6) is 0 Å². The van der Waals surface area contributed by atoms with Crippen molar-refractivity contribution in [1.29, 1.82) is 0 Å². The van der Waals surface area contributed by atoms with E-state index in [0.29, 0.717) is 30.9 Å². The van der Waals surface area contributed by atoms with Crippen LogP contribution in [0.3, 0.4) is 0 Å². The Labute approximate surface area is 222 Å². The van der Waals surface area contributed by atoms with Crippen LogP contribution in [-0.2, 0) is 23.8 Å². The normalized spacial score (nSPS) is 52.3. The number of hydrogen-bond donors (Lipinski definition) is 2. The molecule has 5 fully saturated rings. The third-order valence-electron chi connectivity index (χ3n) is 10.9. The van der Waals surface area contributed by atoms with E-state index < -0.39 is 46.1 Å². The predicted octanol–water partition coefficient (Wildman–Crippen LogP) is 3.54. The van der Waals surface area contributed by atoms with Crippen LogP contribution >= 0.6 is 0 Å². The number of aliphatic hydroxyl groups excluding tert-OH is 1. The Morgan fingerprint density at radius 3 is 2.68 bits per heavy atom. The van der Waals surface area contributed by atoms with Crippen LogP contribution in [0.25, 0.3) is 0 Å². The van der Waals surface area contributed by atoms with Crippen molar-refractivity contribution in [2.24, 2.45) is 39.5 Å². The Morgan fingerprint density at radius 1 is 1.16 bits per heavy atom. The summed E-state index contributed by atoms with van der Waals surface area (Å²) in [5.74, 6) is -2.17. The van der Waals surface area contributed by atoms with Gasteiger partial charge >= 0.3 is 0 Å². The molecular formula is C28H40F2N2O6. The van der Waals surface area contributed by atoms with Gasteiger partial charge in [0.2, 0.25) is 5.79 Å². The second kappa shape index (κ2) is 9.04. The standard InChI is InChI=1S/C28H40F2N2O6/c1-17-10-19-20-12-22(29)21-11-18(32-38-9-5-4-8-31)6-7-24(21,2)27(20,30)23(33)13-25(19,3)28(17)26(36-16-37-28)14-34-15-35-26/h6-7,11,17,19-20,22-23,33H,4-5,8-10,12-16,31H2,1-3H3/b32-18+/t17-,19-,20-,22-,23-,24-,25-,26?,27-,28+/m0/s1. The summed E-state index contributed by atoms with van der Waals surface area (Å²) in [4.78, 5) is 5.38. The maximum atomic E-state index is 17.7. The first kappa shape index (κ1) is 26.8. The highest BCUT2D eigenvalue weighted by atomic mass is 19.1. The van der Waals surface area contributed by atoms with Crippen LogP contribution in [-0.4, -0.2) is 73.5 Å². The van der Waals surface area contributed by atoms with E-state index in [4.69, 9.17) is 29.5 Å². The first-order chi connectivity index (χ1) is 18.1. The summed E-state index contributed by atoms with van der Waals surface area (Å²) in [5.41, 5.74) is 1.21. The molecule has 2 spiro atoms. The van der Waals surface area contributed by atoms with E-state index >= 15 is 8.78 Å². The van der Waals surface area contributed by atoms with Gasteiger partial charge in [0.15, 0.2) is 19.3 Å². The number of rotatable bonds is 5. The molecule has 6 aliphatic rings. The van der Waals surface area contributed by atoms with Crippen molar-refractivity contribution in [2.75, 3.05) is 33.3 Å². The number of halogens is 2. The Bertz CT molecular complexity index is 1040. The Kier molecular flexibility index (Phi) is 6.37. The molecule has 212 valence electrons. The average Bonchev–Trinajstić information content (AvgIpc) is 3.57. The highest BCUT2D eigenvalue weighted by Gasteiger charge is 2.82. The summed E-state index contributed by atoms with van der Waals surface area (Å²) in [6, 6.07) is 0. The van der Waals surface area contributed by atoms with E-state index in [-0.39, 0.29) is 44.9 Å². The number of nitrogens with two attached hydrogens (primary N) is 1. The molecule has 6 rings (SSSR count). The lowest BCUT2D eigenvalue weighted by Crippen LogP contribution is -2.72. The number of fused-ring (bicyclic) bond motifs is 7. The lowest BCUT2D eigenvalue weighted by Gasteiger charge is -2.64. The van der Waals surface area contributed by atoms with Gasteiger partial charge in [-0.3, -0.25) is 0 Å². The number of aliphatic hydroxyl groups is 1. The van der Waals surface area contributed by atoms with E-state index in [9.17, 15) is 5.11 Å². The molecule has 0 radical (unpaired) electrons. The van der Waals surface area contributed by atoms with Crippen LogP contribution in [0, 0.1) is 28.6 Å². The molecule has 10 heteroatoms. The van der Waals surface area contributed by atoms with Crippen molar-refractivity contribution in [3.63, 3.8) is 0 Å². The zero-order valence-electron chi connectivity index (χ0n) is 22.5. The Balaban J connectivity index is 1.35. The van der Waals surface area contributed by atoms with Gasteiger partial charge in [-0.2, -0.15) is 0 Å². The minimum absolute atomic E-state index is 0.0261. The first-order valence-corrected chi connectivity index (χ1v) is 13.9. The van der Waals surface area contributed by atoms with Crippen LogP contribution in [0.1, 0.15) is 52.9 Å². The monoisotopic (exact) mass is 538 g/mol. The fourth-order valence-corrected chi connectivity index (χ4v) is 9.23. The van der Waals surface area contributed by atoms with Gasteiger partial charge in [-0.25, -0.2) is 8.78 Å². The van der Waals surface area contributed by atoms with E-state index in [1.54, 1.807) is 25.2 Å². The molecule has 38 heavy (non-hydrogen) atoms. The largest absolute Gasteiger partial charge is 0.395 e. The average molecular weight is 539 g/mol. The summed E-state index contributed by atoms with van der Waals surface area (Å²) in [7, 11) is 0. The van der Waals surface area contributed by atoms with Crippen LogP contribution in [0.4, 0.5) is 8.78 Å². The quantitative estimate of drug-likeness (QED) is 0.408. The van der Waals surface area contributed by atoms with Gasteiger partial charge in [0.05, 0.1) is 6.10 Å². The van der Waals surface area contributed by atoms with E-state index in [0.717, 1.165) is 12.8 Å². The lowest BCUT2D eigenvalue weighted by atomic mass is 9.44. The van der Waals surface area contributed by atoms with Gasteiger partial charge in [0, 0.05) is 16.7 Å². The third-order valence-corrected chi connectivity index (χ3v) is 10.9. The number of allylic oxidation sites excluding steroid dienone is 4. The smallest absolute Gasteiger partial charge is 0.227 e. The minimum Gasteiger partial charge on any atom is -0.395 e. The molecule has 0 aromatic carbocycles. The van der Waals surface area contributed by atoms with Crippen molar-refractivity contribution in [3.05, 3.63) is 23.8 Å². The molecule has 8 nitrogen and oxygen atoms in total. The van der Waals surface area contributed by atoms with Crippen molar-refractivity contribution in [3.8, 4) is 0 Å². The fraction of sp³-hybridized carbons (Fsp3) is 0.821. The number of alkyl halides is 2. The van der Waals surface area contributed by atoms with Crippen molar-refractivity contribution < 1.29 is 37.7 Å². The Hall–Kier alpha value is -1.43. The lowest BCUT2D eigenvalue weighted by molar-refractivity contribution is -0.278. The maximum absolute atomic E-state index is 17.7. The van der Waals surface area contributed by atoms with Crippen LogP contribution < -0.4 is 5.73 Å². The molecular weight excluding hydrogens is 498 g/mol. The second-order valence-electron chi connectivity index (χ2n) is 12.4. The van der Waals surface area contributed by atoms with Gasteiger partial charge in [0.1, 0.15) is 30.7 Å². The maximum Gasteiger partial charge on any atom is 0.227 e. The summed E-state index contributed by atoms with van der Waals surface area (Å²) in [5, 5.41) is 15.9. The van der Waals surface area contributed by atoms with Gasteiger partial charge in [-0.1, -0.05) is 25.1 Å². The summed E-state index contributed by atoms with van der Waals surface area (Å²) >= 11 is 0. The van der Waals surface area contributed by atoms with Crippen molar-refractivity contribution in [1.82, 2.24) is 0 Å². The summed E-state index contributed by atoms with van der Waals surface area (Å²) in [6.45, 7) is 7.11. The molecule has 0 amide bonds.